The molecule has 0 bridgehead atoms. The smallest absolute Gasteiger partial charge is 0.147 e. The van der Waals surface area contributed by atoms with Crippen LogP contribution in [0.5, 0.6) is 0 Å². The number of hydrogen-bond donors (Lipinski definition) is 1. The Morgan fingerprint density at radius 3 is 2.92 bits per heavy atom. The highest BCUT2D eigenvalue weighted by Crippen LogP contribution is 2.21. The molecule has 0 aromatic carbocycles. The number of aliphatic hydroxyl groups excluding tert-OH is 1. The van der Waals surface area contributed by atoms with E-state index in [4.69, 9.17) is 0 Å². The van der Waals surface area contributed by atoms with Crippen molar-refractivity contribution in [1.29, 1.82) is 0 Å². The molecule has 1 aromatic rings. The Balaban J connectivity index is 3.02. The summed E-state index contributed by atoms with van der Waals surface area (Å²) in [5, 5.41) is 9.41. The second-order valence-electron chi connectivity index (χ2n) is 2.65. The first-order chi connectivity index (χ1) is 5.63. The second kappa shape index (κ2) is 3.45. The Hall–Kier alpha value is -1.22. The van der Waals surface area contributed by atoms with Crippen LogP contribution in [0.4, 0.5) is 4.39 Å². The molecule has 1 N–H and O–H groups in total. The van der Waals surface area contributed by atoms with Crippen molar-refractivity contribution in [2.75, 3.05) is 0 Å². The van der Waals surface area contributed by atoms with Crippen LogP contribution in [0.3, 0.4) is 0 Å². The normalized spacial score (nSPS) is 12.6. The van der Waals surface area contributed by atoms with Crippen LogP contribution in [0.25, 0.3) is 0 Å². The fourth-order valence-electron chi connectivity index (χ4n) is 0.873. The fourth-order valence-corrected chi connectivity index (χ4v) is 0.873. The summed E-state index contributed by atoms with van der Waals surface area (Å²) in [6.45, 7) is 5.18. The maximum Gasteiger partial charge on any atom is 0.147 e. The van der Waals surface area contributed by atoms with E-state index in [1.54, 1.807) is 6.92 Å². The largest absolute Gasteiger partial charge is 0.384 e. The second-order valence-corrected chi connectivity index (χ2v) is 2.65. The maximum atomic E-state index is 12.9. The molecule has 0 aliphatic rings. The highest BCUT2D eigenvalue weighted by Gasteiger charge is 2.12. The number of hydrogen-bond acceptors (Lipinski definition) is 2. The van der Waals surface area contributed by atoms with Gasteiger partial charge in [-0.2, -0.15) is 0 Å². The zero-order valence-corrected chi connectivity index (χ0v) is 6.79. The topological polar surface area (TPSA) is 33.1 Å². The standard InChI is InChI=1S/C9H10FNO/c1-6(2)9(12)7-3-4-11-5-8(7)10/h3-5,9,12H,1H2,2H3. The lowest BCUT2D eigenvalue weighted by Crippen LogP contribution is -2.01. The molecule has 0 saturated heterocycles. The third-order valence-electron chi connectivity index (χ3n) is 1.57. The number of pyridine rings is 1. The van der Waals surface area contributed by atoms with Gasteiger partial charge in [0.2, 0.25) is 0 Å². The fraction of sp³-hybridized carbons (Fsp3) is 0.222. The van der Waals surface area contributed by atoms with Crippen molar-refractivity contribution in [3.8, 4) is 0 Å². The highest BCUT2D eigenvalue weighted by atomic mass is 19.1. The van der Waals surface area contributed by atoms with Gasteiger partial charge >= 0.3 is 0 Å². The minimum Gasteiger partial charge on any atom is -0.384 e. The average Bonchev–Trinajstić information content (AvgIpc) is 2.04. The molecule has 1 aromatic heterocycles. The van der Waals surface area contributed by atoms with Gasteiger partial charge in [0.1, 0.15) is 11.9 Å². The lowest BCUT2D eigenvalue weighted by atomic mass is 10.1. The molecular formula is C9H10FNO. The lowest BCUT2D eigenvalue weighted by Gasteiger charge is -2.10. The van der Waals surface area contributed by atoms with Gasteiger partial charge in [-0.05, 0) is 18.6 Å². The number of aliphatic hydroxyl groups is 1. The molecule has 64 valence electrons. The van der Waals surface area contributed by atoms with Gasteiger partial charge in [0.25, 0.3) is 0 Å². The Morgan fingerprint density at radius 1 is 1.75 bits per heavy atom. The number of nitrogens with zero attached hydrogens (tertiary/aromatic N) is 1. The van der Waals surface area contributed by atoms with Gasteiger partial charge in [0.15, 0.2) is 0 Å². The summed E-state index contributed by atoms with van der Waals surface area (Å²) < 4.78 is 12.9. The van der Waals surface area contributed by atoms with Gasteiger partial charge in [-0.15, -0.1) is 0 Å². The monoisotopic (exact) mass is 167 g/mol. The van der Waals surface area contributed by atoms with E-state index in [0.717, 1.165) is 6.20 Å². The summed E-state index contributed by atoms with van der Waals surface area (Å²) in [7, 11) is 0. The van der Waals surface area contributed by atoms with Crippen molar-refractivity contribution in [2.24, 2.45) is 0 Å². The van der Waals surface area contributed by atoms with Crippen molar-refractivity contribution in [3.63, 3.8) is 0 Å². The first kappa shape index (κ1) is 8.87. The molecule has 0 fully saturated rings. The summed E-state index contributed by atoms with van der Waals surface area (Å²) in [6.07, 6.45) is 1.57. The molecule has 0 saturated carbocycles. The van der Waals surface area contributed by atoms with Gasteiger partial charge in [0, 0.05) is 11.8 Å². The van der Waals surface area contributed by atoms with Gasteiger partial charge in [0.05, 0.1) is 6.20 Å². The molecule has 1 heterocycles. The molecule has 3 heteroatoms. The van der Waals surface area contributed by atoms with Crippen LogP contribution in [0.2, 0.25) is 0 Å². The molecule has 2 nitrogen and oxygen atoms in total. The van der Waals surface area contributed by atoms with Crippen molar-refractivity contribution in [2.45, 2.75) is 13.0 Å². The minimum atomic E-state index is -0.937. The van der Waals surface area contributed by atoms with E-state index in [1.807, 2.05) is 0 Å². The summed E-state index contributed by atoms with van der Waals surface area (Å²) >= 11 is 0. The van der Waals surface area contributed by atoms with Crippen molar-refractivity contribution in [1.82, 2.24) is 4.98 Å². The minimum absolute atomic E-state index is 0.220. The van der Waals surface area contributed by atoms with Crippen LogP contribution in [-0.4, -0.2) is 10.1 Å². The Bertz CT molecular complexity index is 298. The van der Waals surface area contributed by atoms with Gasteiger partial charge in [-0.1, -0.05) is 6.58 Å². The maximum absolute atomic E-state index is 12.9. The van der Waals surface area contributed by atoms with E-state index in [2.05, 4.69) is 11.6 Å². The van der Waals surface area contributed by atoms with Crippen molar-refractivity contribution in [3.05, 3.63) is 42.0 Å². The molecule has 0 aliphatic carbocycles. The summed E-state index contributed by atoms with van der Waals surface area (Å²) in [4.78, 5) is 3.57. The van der Waals surface area contributed by atoms with Crippen molar-refractivity contribution >= 4 is 0 Å². The van der Waals surface area contributed by atoms with Crippen LogP contribution in [0.1, 0.15) is 18.6 Å². The molecule has 12 heavy (non-hydrogen) atoms. The lowest BCUT2D eigenvalue weighted by molar-refractivity contribution is 0.210. The Kier molecular flexibility index (Phi) is 2.55. The molecule has 1 unspecified atom stereocenters. The number of halogens is 1. The van der Waals surface area contributed by atoms with Gasteiger partial charge in [-0.3, -0.25) is 4.98 Å². The predicted octanol–water partition coefficient (Wildman–Crippen LogP) is 1.83. The zero-order valence-electron chi connectivity index (χ0n) is 6.79. The molecule has 0 spiro atoms. The molecule has 1 atom stereocenters. The van der Waals surface area contributed by atoms with E-state index in [-0.39, 0.29) is 5.56 Å². The molecular weight excluding hydrogens is 157 g/mol. The predicted molar refractivity (Wildman–Crippen MR) is 44.0 cm³/mol. The van der Waals surface area contributed by atoms with E-state index in [1.165, 1.54) is 12.3 Å². The third kappa shape index (κ3) is 1.68. The average molecular weight is 167 g/mol. The van der Waals surface area contributed by atoms with Crippen molar-refractivity contribution < 1.29 is 9.50 Å². The van der Waals surface area contributed by atoms with E-state index < -0.39 is 11.9 Å². The molecule has 0 aliphatic heterocycles. The zero-order chi connectivity index (χ0) is 9.14. The Labute approximate surface area is 70.4 Å². The van der Waals surface area contributed by atoms with E-state index in [0.29, 0.717) is 5.57 Å². The van der Waals surface area contributed by atoms with Gasteiger partial charge in [-0.25, -0.2) is 4.39 Å². The molecule has 0 radical (unpaired) electrons. The summed E-state index contributed by atoms with van der Waals surface area (Å²) in [5.74, 6) is -0.506. The van der Waals surface area contributed by atoms with Crippen LogP contribution in [0.15, 0.2) is 30.6 Å². The first-order valence-corrected chi connectivity index (χ1v) is 3.56. The number of aromatic nitrogens is 1. The summed E-state index contributed by atoms with van der Waals surface area (Å²) in [6, 6.07) is 1.44. The van der Waals surface area contributed by atoms with Crippen LogP contribution >= 0.6 is 0 Å². The highest BCUT2D eigenvalue weighted by molar-refractivity contribution is 5.22. The van der Waals surface area contributed by atoms with E-state index >= 15 is 0 Å². The summed E-state index contributed by atoms with van der Waals surface area (Å²) in [5.41, 5.74) is 0.734. The molecule has 1 rings (SSSR count). The number of rotatable bonds is 2. The van der Waals surface area contributed by atoms with Crippen LogP contribution in [0, 0.1) is 5.82 Å². The van der Waals surface area contributed by atoms with Gasteiger partial charge < -0.3 is 5.11 Å². The first-order valence-electron chi connectivity index (χ1n) is 3.56. The SMILES string of the molecule is C=C(C)C(O)c1ccncc1F. The van der Waals surface area contributed by atoms with E-state index in [9.17, 15) is 9.50 Å². The van der Waals surface area contributed by atoms with Crippen LogP contribution < -0.4 is 0 Å². The quantitative estimate of drug-likeness (QED) is 0.681. The molecule has 0 amide bonds. The van der Waals surface area contributed by atoms with Crippen LogP contribution in [-0.2, 0) is 0 Å². The third-order valence-corrected chi connectivity index (χ3v) is 1.57. The Morgan fingerprint density at radius 2 is 2.42 bits per heavy atom.